The minimum absolute atomic E-state index is 0.116. The Morgan fingerprint density at radius 2 is 2.05 bits per heavy atom. The number of aromatic nitrogens is 1. The van der Waals surface area contributed by atoms with Gasteiger partial charge >= 0.3 is 6.18 Å². The first kappa shape index (κ1) is 15.6. The number of nitrogens with zero attached hydrogens (tertiary/aromatic N) is 1. The van der Waals surface area contributed by atoms with Crippen LogP contribution in [-0.2, 0) is 6.18 Å². The minimum Gasteiger partial charge on any atom is -0.396 e. The minimum atomic E-state index is -4.51. The molecule has 0 fully saturated rings. The van der Waals surface area contributed by atoms with Crippen molar-refractivity contribution in [1.29, 1.82) is 0 Å². The third-order valence-electron chi connectivity index (χ3n) is 2.50. The Morgan fingerprint density at radius 3 is 2.58 bits per heavy atom. The summed E-state index contributed by atoms with van der Waals surface area (Å²) in [4.78, 5) is 3.23. The first-order valence-corrected chi connectivity index (χ1v) is 5.94. The van der Waals surface area contributed by atoms with Gasteiger partial charge in [-0.3, -0.25) is 0 Å². The summed E-state index contributed by atoms with van der Waals surface area (Å²) < 4.78 is 37.5. The second-order valence-electron chi connectivity index (χ2n) is 4.82. The van der Waals surface area contributed by atoms with Crippen LogP contribution in [0.2, 0.25) is 0 Å². The lowest BCUT2D eigenvalue weighted by molar-refractivity contribution is -0.141. The molecule has 0 aliphatic heterocycles. The van der Waals surface area contributed by atoms with Gasteiger partial charge in [0.15, 0.2) is 0 Å². The normalized spacial score (nSPS) is 13.6. The van der Waals surface area contributed by atoms with E-state index >= 15 is 0 Å². The number of alkyl halides is 3. The molecule has 0 aliphatic carbocycles. The second-order valence-corrected chi connectivity index (χ2v) is 4.82. The maximum atomic E-state index is 12.5. The van der Waals surface area contributed by atoms with Crippen molar-refractivity contribution in [1.82, 2.24) is 4.98 Å². The van der Waals surface area contributed by atoms with Gasteiger partial charge in [0.25, 0.3) is 0 Å². The van der Waals surface area contributed by atoms with Gasteiger partial charge in [-0.1, -0.05) is 13.8 Å². The van der Waals surface area contributed by atoms with Crippen molar-refractivity contribution in [3.63, 3.8) is 0 Å². The summed E-state index contributed by atoms with van der Waals surface area (Å²) in [5.74, 6) is 0.303. The van der Waals surface area contributed by atoms with Crippen LogP contribution >= 0.6 is 0 Å². The van der Waals surface area contributed by atoms with Gasteiger partial charge in [0, 0.05) is 6.54 Å². The smallest absolute Gasteiger partial charge is 0.396 e. The molecule has 0 amide bonds. The molecule has 108 valence electrons. The Morgan fingerprint density at radius 1 is 1.42 bits per heavy atom. The van der Waals surface area contributed by atoms with Crippen LogP contribution in [0.5, 0.6) is 0 Å². The molecule has 1 atom stereocenters. The highest BCUT2D eigenvalue weighted by atomic mass is 19.4. The zero-order valence-corrected chi connectivity index (χ0v) is 10.8. The molecule has 0 saturated heterocycles. The van der Waals surface area contributed by atoms with Gasteiger partial charge in [-0.05, 0) is 18.4 Å². The number of nitrogen functional groups attached to an aromatic ring is 1. The SMILES string of the molecule is CC(C)CC(O)CNc1cc(C(F)(F)F)ncc1N. The summed E-state index contributed by atoms with van der Waals surface area (Å²) in [6.07, 6.45) is -3.63. The van der Waals surface area contributed by atoms with Crippen molar-refractivity contribution < 1.29 is 18.3 Å². The molecule has 1 rings (SSSR count). The number of anilines is 2. The zero-order chi connectivity index (χ0) is 14.6. The quantitative estimate of drug-likeness (QED) is 0.773. The summed E-state index contributed by atoms with van der Waals surface area (Å²) in [5.41, 5.74) is 4.78. The van der Waals surface area contributed by atoms with Crippen LogP contribution in [0.1, 0.15) is 26.0 Å². The number of aliphatic hydroxyl groups is 1. The van der Waals surface area contributed by atoms with Gasteiger partial charge in [0.05, 0.1) is 23.7 Å². The van der Waals surface area contributed by atoms with E-state index in [2.05, 4.69) is 10.3 Å². The number of pyridine rings is 1. The van der Waals surface area contributed by atoms with Crippen molar-refractivity contribution in [3.8, 4) is 0 Å². The molecule has 0 bridgehead atoms. The second kappa shape index (κ2) is 6.10. The highest BCUT2D eigenvalue weighted by molar-refractivity contribution is 5.65. The highest BCUT2D eigenvalue weighted by Gasteiger charge is 2.32. The van der Waals surface area contributed by atoms with Crippen molar-refractivity contribution in [2.45, 2.75) is 32.5 Å². The fourth-order valence-electron chi connectivity index (χ4n) is 1.63. The van der Waals surface area contributed by atoms with Crippen molar-refractivity contribution in [2.24, 2.45) is 5.92 Å². The molecule has 0 saturated carbocycles. The lowest BCUT2D eigenvalue weighted by Crippen LogP contribution is -2.22. The van der Waals surface area contributed by atoms with E-state index in [1.165, 1.54) is 0 Å². The van der Waals surface area contributed by atoms with Crippen LogP contribution in [-0.4, -0.2) is 22.7 Å². The third kappa shape index (κ3) is 4.94. The van der Waals surface area contributed by atoms with Crippen molar-refractivity contribution >= 4 is 11.4 Å². The Labute approximate surface area is 109 Å². The van der Waals surface area contributed by atoms with Crippen LogP contribution in [0.15, 0.2) is 12.3 Å². The van der Waals surface area contributed by atoms with Gasteiger partial charge in [-0.2, -0.15) is 13.2 Å². The highest BCUT2D eigenvalue weighted by Crippen LogP contribution is 2.31. The molecule has 1 aromatic heterocycles. The molecule has 1 aromatic rings. The molecule has 0 radical (unpaired) electrons. The topological polar surface area (TPSA) is 71.2 Å². The number of halogens is 3. The van der Waals surface area contributed by atoms with E-state index in [4.69, 9.17) is 5.73 Å². The van der Waals surface area contributed by atoms with Gasteiger partial charge in [0.2, 0.25) is 0 Å². The average molecular weight is 277 g/mol. The fourth-order valence-corrected chi connectivity index (χ4v) is 1.63. The average Bonchev–Trinajstić information content (AvgIpc) is 2.25. The monoisotopic (exact) mass is 277 g/mol. The van der Waals surface area contributed by atoms with E-state index in [-0.39, 0.29) is 17.9 Å². The lowest BCUT2D eigenvalue weighted by Gasteiger charge is -2.16. The summed E-state index contributed by atoms with van der Waals surface area (Å²) in [5, 5.41) is 12.4. The van der Waals surface area contributed by atoms with E-state index in [0.29, 0.717) is 12.3 Å². The summed E-state index contributed by atoms with van der Waals surface area (Å²) in [7, 11) is 0. The molecule has 1 heterocycles. The van der Waals surface area contributed by atoms with E-state index < -0.39 is 18.0 Å². The van der Waals surface area contributed by atoms with E-state index in [1.54, 1.807) is 0 Å². The maximum absolute atomic E-state index is 12.5. The number of nitrogens with one attached hydrogen (secondary N) is 1. The van der Waals surface area contributed by atoms with Gasteiger partial charge in [0.1, 0.15) is 5.69 Å². The zero-order valence-electron chi connectivity index (χ0n) is 10.8. The number of rotatable bonds is 5. The Bertz CT molecular complexity index is 421. The molecule has 4 nitrogen and oxygen atoms in total. The molecule has 4 N–H and O–H groups in total. The number of hydrogen-bond acceptors (Lipinski definition) is 4. The molecular weight excluding hydrogens is 259 g/mol. The predicted octanol–water partition coefficient (Wildman–Crippen LogP) is 2.50. The Balaban J connectivity index is 2.72. The van der Waals surface area contributed by atoms with E-state index in [1.807, 2.05) is 13.8 Å². The van der Waals surface area contributed by atoms with E-state index in [9.17, 15) is 18.3 Å². The molecule has 0 aliphatic rings. The number of aliphatic hydroxyl groups excluding tert-OH is 1. The van der Waals surface area contributed by atoms with Crippen LogP contribution in [0, 0.1) is 5.92 Å². The van der Waals surface area contributed by atoms with Gasteiger partial charge in [-0.15, -0.1) is 0 Å². The molecule has 19 heavy (non-hydrogen) atoms. The van der Waals surface area contributed by atoms with Crippen LogP contribution in [0.3, 0.4) is 0 Å². The van der Waals surface area contributed by atoms with Crippen LogP contribution in [0.4, 0.5) is 24.5 Å². The summed E-state index contributed by atoms with van der Waals surface area (Å²) in [6, 6.07) is 0.845. The standard InChI is InChI=1S/C12H18F3N3O/c1-7(2)3-8(19)5-17-10-4-11(12(13,14)15)18-6-9(10)16/h4,6-8,19H,3,5,16H2,1-2H3,(H,17,18). The Kier molecular flexibility index (Phi) is 4.99. The largest absolute Gasteiger partial charge is 0.433 e. The first-order chi connectivity index (χ1) is 8.70. The van der Waals surface area contributed by atoms with E-state index in [0.717, 1.165) is 12.3 Å². The first-order valence-electron chi connectivity index (χ1n) is 5.94. The number of nitrogens with two attached hydrogens (primary N) is 1. The molecule has 0 spiro atoms. The summed E-state index contributed by atoms with van der Waals surface area (Å²) >= 11 is 0. The molecule has 1 unspecified atom stereocenters. The molecular formula is C12H18F3N3O. The molecule has 0 aromatic carbocycles. The lowest BCUT2D eigenvalue weighted by atomic mass is 10.1. The van der Waals surface area contributed by atoms with Gasteiger partial charge < -0.3 is 16.2 Å². The van der Waals surface area contributed by atoms with Crippen molar-refractivity contribution in [3.05, 3.63) is 18.0 Å². The Hall–Kier alpha value is -1.50. The van der Waals surface area contributed by atoms with Crippen LogP contribution < -0.4 is 11.1 Å². The van der Waals surface area contributed by atoms with Crippen molar-refractivity contribution in [2.75, 3.05) is 17.6 Å². The van der Waals surface area contributed by atoms with Crippen LogP contribution in [0.25, 0.3) is 0 Å². The van der Waals surface area contributed by atoms with Gasteiger partial charge in [-0.25, -0.2) is 4.98 Å². The fraction of sp³-hybridized carbons (Fsp3) is 0.583. The maximum Gasteiger partial charge on any atom is 0.433 e. The molecule has 7 heteroatoms. The predicted molar refractivity (Wildman–Crippen MR) is 67.6 cm³/mol. The third-order valence-corrected chi connectivity index (χ3v) is 2.50. The number of hydrogen-bond donors (Lipinski definition) is 3. The summed E-state index contributed by atoms with van der Waals surface area (Å²) in [6.45, 7) is 4.04.